The first-order valence-electron chi connectivity index (χ1n) is 35.5. The monoisotopic (exact) mass is 1170 g/mol. The molecule has 2 N–H and O–H groups in total. The number of rotatable bonds is 65. The molecule has 0 aliphatic carbocycles. The molecule has 9 nitrogen and oxygen atoms in total. The fraction of sp³-hybridized carbons (Fsp3) is 0.861. The van der Waals surface area contributed by atoms with Crippen molar-refractivity contribution in [1.82, 2.24) is 5.32 Å². The van der Waals surface area contributed by atoms with Crippen molar-refractivity contribution in [2.45, 2.75) is 360 Å². The summed E-state index contributed by atoms with van der Waals surface area (Å²) in [6.45, 7) is 7.03. The molecule has 0 saturated carbocycles. The number of ether oxygens (including phenoxy) is 1. The topological polar surface area (TPSA) is 111 Å². The summed E-state index contributed by atoms with van der Waals surface area (Å²) in [5, 5.41) is 3.07. The average molecular weight is 1170 g/mol. The molecule has 0 aromatic carbocycles. The zero-order valence-electron chi connectivity index (χ0n) is 55.2. The number of nitrogens with zero attached hydrogens (tertiary/aromatic N) is 1. The Hall–Kier alpha value is -2.03. The van der Waals surface area contributed by atoms with E-state index in [0.717, 1.165) is 64.2 Å². The van der Waals surface area contributed by atoms with E-state index in [1.165, 1.54) is 250 Å². The summed E-state index contributed by atoms with van der Waals surface area (Å²) >= 11 is 0. The predicted molar refractivity (Wildman–Crippen MR) is 355 cm³/mol. The van der Waals surface area contributed by atoms with E-state index in [1.54, 1.807) is 0 Å². The lowest BCUT2D eigenvalue weighted by molar-refractivity contribution is -0.870. The largest absolute Gasteiger partial charge is 0.472 e. The maximum Gasteiger partial charge on any atom is 0.472 e. The number of phosphoric acid groups is 1. The highest BCUT2D eigenvalue weighted by atomic mass is 31.2. The molecule has 3 atom stereocenters. The molecule has 0 aromatic rings. The lowest BCUT2D eigenvalue weighted by Crippen LogP contribution is -2.47. The van der Waals surface area contributed by atoms with Gasteiger partial charge in [-0.1, -0.05) is 294 Å². The number of phosphoric ester groups is 1. The number of amides is 1. The molecule has 0 aromatic heterocycles. The molecule has 0 radical (unpaired) electrons. The minimum Gasteiger partial charge on any atom is -0.456 e. The van der Waals surface area contributed by atoms with Crippen LogP contribution in [-0.4, -0.2) is 74.3 Å². The van der Waals surface area contributed by atoms with E-state index in [4.69, 9.17) is 13.8 Å². The Morgan fingerprint density at radius 3 is 1.13 bits per heavy atom. The Morgan fingerprint density at radius 1 is 0.427 bits per heavy atom. The molecular formula is C72H138N2O7P+. The molecule has 0 spiro atoms. The van der Waals surface area contributed by atoms with Crippen LogP contribution in [0.4, 0.5) is 0 Å². The van der Waals surface area contributed by atoms with Gasteiger partial charge in [0.1, 0.15) is 19.3 Å². The van der Waals surface area contributed by atoms with E-state index in [-0.39, 0.29) is 25.1 Å². The fourth-order valence-corrected chi connectivity index (χ4v) is 11.2. The van der Waals surface area contributed by atoms with Crippen molar-refractivity contribution in [1.29, 1.82) is 0 Å². The third-order valence-electron chi connectivity index (χ3n) is 16.0. The number of carbonyl (C=O) groups is 2. The van der Waals surface area contributed by atoms with Gasteiger partial charge in [-0.05, 0) is 89.5 Å². The molecule has 0 bridgehead atoms. The van der Waals surface area contributed by atoms with E-state index in [9.17, 15) is 19.0 Å². The molecule has 0 saturated heterocycles. The average Bonchev–Trinajstić information content (AvgIpc) is 3.44. The van der Waals surface area contributed by atoms with Gasteiger partial charge in [0, 0.05) is 12.8 Å². The SMILES string of the molecule is CCCCC/C=C\C/C=C\CCCCCCCCCCCCCC(=O)OC(/C=C/CCCCCCCCCCCC)C(COP(=O)(O)OCC[N+](C)(C)C)NC(=O)CCCCCCCCCCCCCCC/C=C/CCCCCCCC. The molecule has 0 fully saturated rings. The maximum absolute atomic E-state index is 13.6. The molecule has 1 amide bonds. The number of quaternary nitrogens is 1. The molecule has 82 heavy (non-hydrogen) atoms. The van der Waals surface area contributed by atoms with E-state index < -0.39 is 20.0 Å². The summed E-state index contributed by atoms with van der Waals surface area (Å²) in [5.41, 5.74) is 0. The lowest BCUT2D eigenvalue weighted by atomic mass is 10.0. The van der Waals surface area contributed by atoms with Crippen molar-refractivity contribution in [2.24, 2.45) is 0 Å². The molecule has 3 unspecified atom stereocenters. The Kier molecular flexibility index (Phi) is 60.5. The maximum atomic E-state index is 13.6. The van der Waals surface area contributed by atoms with E-state index in [0.29, 0.717) is 23.9 Å². The van der Waals surface area contributed by atoms with Crippen molar-refractivity contribution < 1.29 is 37.3 Å². The third-order valence-corrected chi connectivity index (χ3v) is 17.0. The number of esters is 1. The lowest BCUT2D eigenvalue weighted by Gasteiger charge is -2.27. The van der Waals surface area contributed by atoms with Crippen LogP contribution in [0.1, 0.15) is 348 Å². The first kappa shape index (κ1) is 80.0. The minimum atomic E-state index is -4.45. The van der Waals surface area contributed by atoms with Gasteiger partial charge in [0.2, 0.25) is 5.91 Å². The molecular weight excluding hydrogens is 1040 g/mol. The zero-order chi connectivity index (χ0) is 60.0. The van der Waals surface area contributed by atoms with Crippen LogP contribution in [0.5, 0.6) is 0 Å². The number of unbranched alkanes of at least 4 members (excludes halogenated alkanes) is 43. The smallest absolute Gasteiger partial charge is 0.456 e. The first-order valence-corrected chi connectivity index (χ1v) is 37.0. The highest BCUT2D eigenvalue weighted by Gasteiger charge is 2.30. The van der Waals surface area contributed by atoms with Gasteiger partial charge in [0.25, 0.3) is 0 Å². The van der Waals surface area contributed by atoms with Crippen LogP contribution in [0.2, 0.25) is 0 Å². The van der Waals surface area contributed by atoms with Crippen molar-refractivity contribution in [3.8, 4) is 0 Å². The van der Waals surface area contributed by atoms with Gasteiger partial charge in [-0.25, -0.2) is 4.57 Å². The molecule has 482 valence electrons. The van der Waals surface area contributed by atoms with Crippen LogP contribution >= 0.6 is 7.82 Å². The van der Waals surface area contributed by atoms with Crippen molar-refractivity contribution >= 4 is 19.7 Å². The Bertz CT molecular complexity index is 1540. The second-order valence-electron chi connectivity index (χ2n) is 25.4. The third kappa shape index (κ3) is 62.5. The number of nitrogens with one attached hydrogen (secondary N) is 1. The Balaban J connectivity index is 5.06. The van der Waals surface area contributed by atoms with Gasteiger partial charge in [0.05, 0.1) is 33.8 Å². The normalized spacial score (nSPS) is 13.8. The molecule has 0 rings (SSSR count). The second kappa shape index (κ2) is 62.0. The highest BCUT2D eigenvalue weighted by molar-refractivity contribution is 7.47. The number of likely N-dealkylation sites (N-methyl/N-ethyl adjacent to an activating group) is 1. The predicted octanol–water partition coefficient (Wildman–Crippen LogP) is 22.4. The summed E-state index contributed by atoms with van der Waals surface area (Å²) in [6, 6.07) is -0.848. The zero-order valence-corrected chi connectivity index (χ0v) is 56.1. The highest BCUT2D eigenvalue weighted by Crippen LogP contribution is 2.43. The van der Waals surface area contributed by atoms with E-state index in [1.807, 2.05) is 33.3 Å². The van der Waals surface area contributed by atoms with Crippen molar-refractivity contribution in [3.63, 3.8) is 0 Å². The summed E-state index contributed by atoms with van der Waals surface area (Å²) in [7, 11) is 1.51. The summed E-state index contributed by atoms with van der Waals surface area (Å²) in [4.78, 5) is 37.9. The first-order chi connectivity index (χ1) is 39.9. The Labute approximate surface area is 509 Å². The van der Waals surface area contributed by atoms with Gasteiger partial charge in [-0.2, -0.15) is 0 Å². The van der Waals surface area contributed by atoms with Crippen LogP contribution in [0.25, 0.3) is 0 Å². The van der Waals surface area contributed by atoms with Crippen LogP contribution in [0.15, 0.2) is 48.6 Å². The van der Waals surface area contributed by atoms with Crippen LogP contribution in [-0.2, 0) is 27.9 Å². The van der Waals surface area contributed by atoms with E-state index >= 15 is 0 Å². The molecule has 0 aliphatic rings. The number of hydrogen-bond donors (Lipinski definition) is 2. The fourth-order valence-electron chi connectivity index (χ4n) is 10.5. The summed E-state index contributed by atoms with van der Waals surface area (Å²) < 4.78 is 30.8. The van der Waals surface area contributed by atoms with Gasteiger partial charge in [-0.3, -0.25) is 18.6 Å². The Morgan fingerprint density at radius 2 is 0.744 bits per heavy atom. The number of allylic oxidation sites excluding steroid dienone is 7. The molecule has 0 heterocycles. The van der Waals surface area contributed by atoms with Crippen LogP contribution in [0, 0.1) is 0 Å². The van der Waals surface area contributed by atoms with E-state index in [2.05, 4.69) is 62.5 Å². The van der Waals surface area contributed by atoms with Gasteiger partial charge in [-0.15, -0.1) is 0 Å². The standard InChI is InChI=1S/C72H137N2O7P/c1-7-10-13-16-19-22-25-28-30-32-34-36-37-39-40-42-44-46-49-52-55-58-61-64-71(75)73-69(68-80-82(77,78)79-67-66-74(4,5)6)70(63-60-57-54-51-48-27-24-21-18-15-12-9-3)81-72(76)65-62-59-56-53-50-47-45-43-41-38-35-33-31-29-26-23-20-17-14-11-8-2/h20,23,28-31,60,63,69-70H,7-19,21-22,24-27,32-59,61-62,64-68H2,1-6H3,(H-,73,75,77,78)/p+1/b23-20-,30-28+,31-29-,63-60+. The molecule has 10 heteroatoms. The van der Waals surface area contributed by atoms with Crippen LogP contribution in [0.3, 0.4) is 0 Å². The van der Waals surface area contributed by atoms with Gasteiger partial charge < -0.3 is 19.4 Å². The molecule has 0 aliphatic heterocycles. The van der Waals surface area contributed by atoms with Crippen molar-refractivity contribution in [2.75, 3.05) is 40.9 Å². The summed E-state index contributed by atoms with van der Waals surface area (Å²) in [5.74, 6) is -0.492. The van der Waals surface area contributed by atoms with Crippen LogP contribution < -0.4 is 5.32 Å². The second-order valence-corrected chi connectivity index (χ2v) is 26.9. The summed E-state index contributed by atoms with van der Waals surface area (Å²) in [6.07, 6.45) is 78.3. The number of carbonyl (C=O) groups excluding carboxylic acids is 2. The van der Waals surface area contributed by atoms with Gasteiger partial charge in [0.15, 0.2) is 0 Å². The quantitative estimate of drug-likeness (QED) is 0.0205. The van der Waals surface area contributed by atoms with Crippen molar-refractivity contribution in [3.05, 3.63) is 48.6 Å². The minimum absolute atomic E-state index is 0.0412. The van der Waals surface area contributed by atoms with Gasteiger partial charge >= 0.3 is 13.8 Å². The number of hydrogen-bond acceptors (Lipinski definition) is 6.